The molecule has 0 aromatic carbocycles. The first-order valence-electron chi connectivity index (χ1n) is 2.78. The fourth-order valence-corrected chi connectivity index (χ4v) is 0.348. The average Bonchev–Trinajstić information content (AvgIpc) is 1.69. The summed E-state index contributed by atoms with van der Waals surface area (Å²) in [5.74, 6) is 0. The molecule has 0 unspecified atom stereocenters. The molecule has 2 heteroatoms. The summed E-state index contributed by atoms with van der Waals surface area (Å²) in [4.78, 5) is 0. The van der Waals surface area contributed by atoms with Crippen molar-refractivity contribution in [2.45, 2.75) is 13.3 Å². The Hall–Kier alpha value is -0.0800. The van der Waals surface area contributed by atoms with Gasteiger partial charge in [-0.05, 0) is 6.92 Å². The standard InChI is InChI=1S/C5H13NO/c1-2-7-5-3-4-6/h2-6H2,1H3/p+1. The van der Waals surface area contributed by atoms with Crippen molar-refractivity contribution >= 4 is 0 Å². The molecule has 0 bridgehead atoms. The van der Waals surface area contributed by atoms with Gasteiger partial charge in [-0.1, -0.05) is 0 Å². The maximum Gasteiger partial charge on any atom is 0.0762 e. The minimum Gasteiger partial charge on any atom is -0.382 e. The van der Waals surface area contributed by atoms with Crippen LogP contribution in [0.2, 0.25) is 0 Å². The van der Waals surface area contributed by atoms with Crippen molar-refractivity contribution in [2.24, 2.45) is 0 Å². The molecule has 44 valence electrons. The molecule has 0 radical (unpaired) electrons. The zero-order chi connectivity index (χ0) is 5.54. The maximum absolute atomic E-state index is 5.03. The van der Waals surface area contributed by atoms with Crippen molar-refractivity contribution in [1.29, 1.82) is 0 Å². The van der Waals surface area contributed by atoms with E-state index < -0.39 is 0 Å². The Morgan fingerprint density at radius 3 is 2.71 bits per heavy atom. The zero-order valence-corrected chi connectivity index (χ0v) is 4.94. The maximum atomic E-state index is 5.03. The molecule has 0 aliphatic heterocycles. The molecule has 2 nitrogen and oxygen atoms in total. The van der Waals surface area contributed by atoms with Crippen LogP contribution in [0.15, 0.2) is 0 Å². The molecule has 0 aromatic heterocycles. The summed E-state index contributed by atoms with van der Waals surface area (Å²) in [7, 11) is 0. The summed E-state index contributed by atoms with van der Waals surface area (Å²) in [6, 6.07) is 0. The molecule has 0 aliphatic rings. The Morgan fingerprint density at radius 1 is 1.57 bits per heavy atom. The van der Waals surface area contributed by atoms with Crippen LogP contribution >= 0.6 is 0 Å². The van der Waals surface area contributed by atoms with Crippen molar-refractivity contribution in [3.8, 4) is 0 Å². The summed E-state index contributed by atoms with van der Waals surface area (Å²) in [6.07, 6.45) is 1.09. The molecule has 0 rings (SSSR count). The van der Waals surface area contributed by atoms with Crippen molar-refractivity contribution in [3.63, 3.8) is 0 Å². The Labute approximate surface area is 44.7 Å². The Balaban J connectivity index is 2.45. The minimum absolute atomic E-state index is 0.833. The molecule has 0 atom stereocenters. The lowest BCUT2D eigenvalue weighted by Crippen LogP contribution is -2.50. The van der Waals surface area contributed by atoms with Crippen LogP contribution in [0, 0.1) is 0 Å². The van der Waals surface area contributed by atoms with Crippen LogP contribution in [-0.4, -0.2) is 19.8 Å². The van der Waals surface area contributed by atoms with Gasteiger partial charge in [-0.15, -0.1) is 0 Å². The van der Waals surface area contributed by atoms with Gasteiger partial charge in [0.05, 0.1) is 13.2 Å². The van der Waals surface area contributed by atoms with E-state index in [1.54, 1.807) is 0 Å². The van der Waals surface area contributed by atoms with Crippen molar-refractivity contribution in [3.05, 3.63) is 0 Å². The predicted octanol–water partition coefficient (Wildman–Crippen LogP) is -0.345. The van der Waals surface area contributed by atoms with Gasteiger partial charge < -0.3 is 10.5 Å². The molecule has 0 aliphatic carbocycles. The monoisotopic (exact) mass is 104 g/mol. The molecule has 3 N–H and O–H groups in total. The lowest BCUT2D eigenvalue weighted by molar-refractivity contribution is -0.369. The van der Waals surface area contributed by atoms with Gasteiger partial charge in [-0.2, -0.15) is 0 Å². The van der Waals surface area contributed by atoms with Crippen LogP contribution in [0.3, 0.4) is 0 Å². The van der Waals surface area contributed by atoms with Gasteiger partial charge in [0.15, 0.2) is 0 Å². The second-order valence-electron chi connectivity index (χ2n) is 1.40. The lowest BCUT2D eigenvalue weighted by atomic mass is 10.5. The van der Waals surface area contributed by atoms with E-state index >= 15 is 0 Å². The van der Waals surface area contributed by atoms with Gasteiger partial charge in [0, 0.05) is 13.0 Å². The van der Waals surface area contributed by atoms with Gasteiger partial charge >= 0.3 is 0 Å². The summed E-state index contributed by atoms with van der Waals surface area (Å²) in [5, 5.41) is 0. The fourth-order valence-electron chi connectivity index (χ4n) is 0.348. The number of hydrogen-bond acceptors (Lipinski definition) is 1. The topological polar surface area (TPSA) is 36.9 Å². The van der Waals surface area contributed by atoms with Gasteiger partial charge in [0.25, 0.3) is 0 Å². The molecule has 0 saturated carbocycles. The molecule has 0 saturated heterocycles. The van der Waals surface area contributed by atoms with Crippen LogP contribution in [0.25, 0.3) is 0 Å². The van der Waals surface area contributed by atoms with E-state index in [1.807, 2.05) is 6.92 Å². The SMILES string of the molecule is CCOCCC[NH3+]. The van der Waals surface area contributed by atoms with Crippen LogP contribution in [0.5, 0.6) is 0 Å². The lowest BCUT2D eigenvalue weighted by Gasteiger charge is -1.93. The third kappa shape index (κ3) is 5.92. The van der Waals surface area contributed by atoms with E-state index in [-0.39, 0.29) is 0 Å². The number of hydrogen-bond donors (Lipinski definition) is 1. The molecular weight excluding hydrogens is 90.1 g/mol. The molecule has 0 spiro atoms. The number of ether oxygens (including phenoxy) is 1. The minimum atomic E-state index is 0.833. The first kappa shape index (κ1) is 6.92. The van der Waals surface area contributed by atoms with E-state index in [0.717, 1.165) is 26.2 Å². The summed E-state index contributed by atoms with van der Waals surface area (Å²) in [6.45, 7) is 4.70. The van der Waals surface area contributed by atoms with Gasteiger partial charge in [0.2, 0.25) is 0 Å². The highest BCUT2D eigenvalue weighted by molar-refractivity contribution is 4.26. The van der Waals surface area contributed by atoms with E-state index in [1.165, 1.54) is 0 Å². The van der Waals surface area contributed by atoms with Crippen LogP contribution in [0.1, 0.15) is 13.3 Å². The second-order valence-corrected chi connectivity index (χ2v) is 1.40. The van der Waals surface area contributed by atoms with Crippen LogP contribution in [0.4, 0.5) is 0 Å². The number of quaternary nitrogens is 1. The molecule has 7 heavy (non-hydrogen) atoms. The molecule has 0 amide bonds. The second kappa shape index (κ2) is 5.92. The Morgan fingerprint density at radius 2 is 2.29 bits per heavy atom. The average molecular weight is 104 g/mol. The van der Waals surface area contributed by atoms with Gasteiger partial charge in [-0.25, -0.2) is 0 Å². The zero-order valence-electron chi connectivity index (χ0n) is 4.94. The highest BCUT2D eigenvalue weighted by Crippen LogP contribution is 1.75. The predicted molar refractivity (Wildman–Crippen MR) is 28.9 cm³/mol. The third-order valence-electron chi connectivity index (χ3n) is 0.743. The van der Waals surface area contributed by atoms with E-state index in [9.17, 15) is 0 Å². The quantitative estimate of drug-likeness (QED) is 0.486. The molecule has 0 aromatic rings. The summed E-state index contributed by atoms with van der Waals surface area (Å²) >= 11 is 0. The highest BCUT2D eigenvalue weighted by Gasteiger charge is 1.80. The van der Waals surface area contributed by atoms with Gasteiger partial charge in [-0.3, -0.25) is 0 Å². The summed E-state index contributed by atoms with van der Waals surface area (Å²) < 4.78 is 5.03. The Kier molecular flexibility index (Phi) is 5.85. The summed E-state index contributed by atoms with van der Waals surface area (Å²) in [5.41, 5.74) is 3.68. The van der Waals surface area contributed by atoms with Crippen LogP contribution in [-0.2, 0) is 4.74 Å². The van der Waals surface area contributed by atoms with E-state index in [2.05, 4.69) is 5.73 Å². The third-order valence-corrected chi connectivity index (χ3v) is 0.743. The molecule has 0 fully saturated rings. The van der Waals surface area contributed by atoms with Gasteiger partial charge in [0.1, 0.15) is 0 Å². The highest BCUT2D eigenvalue weighted by atomic mass is 16.5. The fraction of sp³-hybridized carbons (Fsp3) is 1.00. The molecular formula is C5H14NO+. The van der Waals surface area contributed by atoms with E-state index in [4.69, 9.17) is 4.74 Å². The van der Waals surface area contributed by atoms with Crippen molar-refractivity contribution < 1.29 is 10.5 Å². The Bertz CT molecular complexity index is 27.3. The normalized spacial score (nSPS) is 9.43. The molecule has 0 heterocycles. The smallest absolute Gasteiger partial charge is 0.0762 e. The number of rotatable bonds is 4. The van der Waals surface area contributed by atoms with Crippen molar-refractivity contribution in [2.75, 3.05) is 19.8 Å². The first-order chi connectivity index (χ1) is 3.41. The first-order valence-corrected chi connectivity index (χ1v) is 2.78. The van der Waals surface area contributed by atoms with Crippen molar-refractivity contribution in [1.82, 2.24) is 0 Å². The van der Waals surface area contributed by atoms with E-state index in [0.29, 0.717) is 0 Å². The van der Waals surface area contributed by atoms with Crippen LogP contribution < -0.4 is 5.73 Å². The largest absolute Gasteiger partial charge is 0.382 e.